The number of benzene rings is 2. The Bertz CT molecular complexity index is 1250. The lowest BCUT2D eigenvalue weighted by molar-refractivity contribution is -0.138. The van der Waals surface area contributed by atoms with Crippen molar-refractivity contribution in [3.8, 4) is 11.5 Å². The van der Waals surface area contributed by atoms with Gasteiger partial charge in [-0.05, 0) is 24.3 Å². The predicted molar refractivity (Wildman–Crippen MR) is 107 cm³/mol. The van der Waals surface area contributed by atoms with Crippen molar-refractivity contribution in [3.05, 3.63) is 58.6 Å². The number of aromatic nitrogens is 2. The third-order valence-electron chi connectivity index (χ3n) is 4.32. The smallest absolute Gasteiger partial charge is 0.322 e. The standard InChI is InChI=1S/C19H19N3O7S/c1-28-15-8-7-11(9-16(15)29-2)30(26,27)22-14(19(24)25)10-17-20-13-6-4-3-5-12(13)18(23)21-17/h3-9,14,22H,10H2,1-2H3,(H,24,25)(H,20,21,23)/t14-/m0/s1. The quantitative estimate of drug-likeness (QED) is 0.475. The van der Waals surface area contributed by atoms with Crippen LogP contribution in [0, 0.1) is 0 Å². The van der Waals surface area contributed by atoms with Gasteiger partial charge >= 0.3 is 5.97 Å². The largest absolute Gasteiger partial charge is 0.493 e. The van der Waals surface area contributed by atoms with Gasteiger partial charge in [-0.2, -0.15) is 4.72 Å². The van der Waals surface area contributed by atoms with Gasteiger partial charge in [0.25, 0.3) is 5.56 Å². The van der Waals surface area contributed by atoms with Crippen LogP contribution in [0.5, 0.6) is 11.5 Å². The van der Waals surface area contributed by atoms with E-state index in [2.05, 4.69) is 14.7 Å². The van der Waals surface area contributed by atoms with Crippen molar-refractivity contribution in [1.82, 2.24) is 14.7 Å². The highest BCUT2D eigenvalue weighted by molar-refractivity contribution is 7.89. The summed E-state index contributed by atoms with van der Waals surface area (Å²) in [6.45, 7) is 0. The predicted octanol–water partition coefficient (Wildman–Crippen LogP) is 0.914. The molecule has 30 heavy (non-hydrogen) atoms. The van der Waals surface area contributed by atoms with E-state index >= 15 is 0 Å². The molecule has 0 unspecified atom stereocenters. The van der Waals surface area contributed by atoms with Crippen LogP contribution in [-0.2, 0) is 21.2 Å². The molecule has 1 atom stereocenters. The number of nitrogens with one attached hydrogen (secondary N) is 2. The number of methoxy groups -OCH3 is 2. The lowest BCUT2D eigenvalue weighted by Crippen LogP contribution is -2.42. The first kappa shape index (κ1) is 21.3. The molecule has 0 saturated heterocycles. The zero-order chi connectivity index (χ0) is 21.9. The molecule has 0 aliphatic carbocycles. The molecule has 0 amide bonds. The number of para-hydroxylation sites is 1. The number of H-pyrrole nitrogens is 1. The number of nitrogens with zero attached hydrogens (tertiary/aromatic N) is 1. The molecule has 0 saturated carbocycles. The van der Waals surface area contributed by atoms with Gasteiger partial charge in [-0.3, -0.25) is 9.59 Å². The first-order chi connectivity index (χ1) is 14.2. The first-order valence-corrected chi connectivity index (χ1v) is 10.2. The Balaban J connectivity index is 1.90. The number of aromatic amines is 1. The van der Waals surface area contributed by atoms with Crippen molar-refractivity contribution < 1.29 is 27.8 Å². The molecule has 0 aliphatic heterocycles. The van der Waals surface area contributed by atoms with Gasteiger partial charge in [0.15, 0.2) is 11.5 Å². The van der Waals surface area contributed by atoms with E-state index in [-0.39, 0.29) is 22.9 Å². The van der Waals surface area contributed by atoms with E-state index in [9.17, 15) is 23.1 Å². The number of fused-ring (bicyclic) bond motifs is 1. The lowest BCUT2D eigenvalue weighted by atomic mass is 10.2. The van der Waals surface area contributed by atoms with Crippen LogP contribution in [0.15, 0.2) is 52.2 Å². The summed E-state index contributed by atoms with van der Waals surface area (Å²) in [4.78, 5) is 30.4. The van der Waals surface area contributed by atoms with Crippen LogP contribution in [0.3, 0.4) is 0 Å². The van der Waals surface area contributed by atoms with Gasteiger partial charge in [0.05, 0.1) is 30.0 Å². The average Bonchev–Trinajstić information content (AvgIpc) is 2.72. The van der Waals surface area contributed by atoms with Gasteiger partial charge in [-0.15, -0.1) is 0 Å². The molecule has 2 aromatic carbocycles. The first-order valence-electron chi connectivity index (χ1n) is 8.70. The molecule has 0 aliphatic rings. The van der Waals surface area contributed by atoms with Crippen molar-refractivity contribution >= 4 is 26.9 Å². The molecule has 3 aromatic rings. The van der Waals surface area contributed by atoms with Gasteiger partial charge in [0.2, 0.25) is 10.0 Å². The van der Waals surface area contributed by atoms with Crippen LogP contribution >= 0.6 is 0 Å². The average molecular weight is 433 g/mol. The van der Waals surface area contributed by atoms with Gasteiger partial charge in [0, 0.05) is 12.5 Å². The molecule has 158 valence electrons. The fourth-order valence-corrected chi connectivity index (χ4v) is 4.05. The third-order valence-corrected chi connectivity index (χ3v) is 5.79. The molecule has 11 heteroatoms. The summed E-state index contributed by atoms with van der Waals surface area (Å²) in [7, 11) is -1.47. The van der Waals surface area contributed by atoms with Gasteiger partial charge in [-0.1, -0.05) is 12.1 Å². The molecule has 1 heterocycles. The summed E-state index contributed by atoms with van der Waals surface area (Å²) in [5, 5.41) is 9.87. The van der Waals surface area contributed by atoms with Crippen molar-refractivity contribution in [2.45, 2.75) is 17.4 Å². The maximum Gasteiger partial charge on any atom is 0.322 e. The topological polar surface area (TPSA) is 148 Å². The Morgan fingerprint density at radius 3 is 2.53 bits per heavy atom. The molecule has 1 aromatic heterocycles. The van der Waals surface area contributed by atoms with Crippen LogP contribution in [-0.4, -0.2) is 49.7 Å². The second kappa shape index (κ2) is 8.51. The number of sulfonamides is 1. The summed E-state index contributed by atoms with van der Waals surface area (Å²) in [6, 6.07) is 8.87. The normalized spacial score (nSPS) is 12.5. The Kier molecular flexibility index (Phi) is 6.04. The fourth-order valence-electron chi connectivity index (χ4n) is 2.84. The fraction of sp³-hybridized carbons (Fsp3) is 0.211. The molecule has 0 fully saturated rings. The minimum atomic E-state index is -4.22. The molecule has 3 rings (SSSR count). The van der Waals surface area contributed by atoms with E-state index in [1.165, 1.54) is 32.4 Å². The highest BCUT2D eigenvalue weighted by atomic mass is 32.2. The van der Waals surface area contributed by atoms with Crippen LogP contribution in [0.4, 0.5) is 0 Å². The molecule has 0 spiro atoms. The molecule has 0 bridgehead atoms. The Labute approximate surface area is 171 Å². The van der Waals surface area contributed by atoms with E-state index in [4.69, 9.17) is 9.47 Å². The van der Waals surface area contributed by atoms with Crippen molar-refractivity contribution in [3.63, 3.8) is 0 Å². The maximum absolute atomic E-state index is 12.7. The van der Waals surface area contributed by atoms with Gasteiger partial charge < -0.3 is 19.6 Å². The monoisotopic (exact) mass is 433 g/mol. The Hall–Kier alpha value is -3.44. The molecular formula is C19H19N3O7S. The summed E-state index contributed by atoms with van der Waals surface area (Å²) in [6.07, 6.45) is -0.359. The summed E-state index contributed by atoms with van der Waals surface area (Å²) in [5.74, 6) is -0.882. The van der Waals surface area contributed by atoms with Crippen LogP contribution in [0.25, 0.3) is 10.9 Å². The summed E-state index contributed by atoms with van der Waals surface area (Å²) < 4.78 is 37.7. The number of carboxylic acid groups (broad SMARTS) is 1. The van der Waals surface area contributed by atoms with Crippen molar-refractivity contribution in [2.24, 2.45) is 0 Å². The van der Waals surface area contributed by atoms with E-state index in [1.54, 1.807) is 24.3 Å². The van der Waals surface area contributed by atoms with E-state index in [0.29, 0.717) is 16.7 Å². The number of hydrogen-bond acceptors (Lipinski definition) is 7. The SMILES string of the molecule is COc1ccc(S(=O)(=O)N[C@@H](Cc2nc3ccccc3c(=O)[nH]2)C(=O)O)cc1OC. The second-order valence-corrected chi connectivity index (χ2v) is 7.98. The highest BCUT2D eigenvalue weighted by Crippen LogP contribution is 2.29. The van der Waals surface area contributed by atoms with Crippen LogP contribution in [0.1, 0.15) is 5.82 Å². The number of ether oxygens (including phenoxy) is 2. The number of rotatable bonds is 8. The van der Waals surface area contributed by atoms with Crippen molar-refractivity contribution in [1.29, 1.82) is 0 Å². The summed E-state index contributed by atoms with van der Waals surface area (Å²) >= 11 is 0. The summed E-state index contributed by atoms with van der Waals surface area (Å²) in [5.41, 5.74) is -0.0642. The molecule has 10 nitrogen and oxygen atoms in total. The zero-order valence-electron chi connectivity index (χ0n) is 16.1. The van der Waals surface area contributed by atoms with Gasteiger partial charge in [-0.25, -0.2) is 13.4 Å². The molecule has 0 radical (unpaired) electrons. The third kappa shape index (κ3) is 4.42. The number of carboxylic acids is 1. The molecular weight excluding hydrogens is 414 g/mol. The minimum Gasteiger partial charge on any atom is -0.493 e. The van der Waals surface area contributed by atoms with E-state index < -0.39 is 27.6 Å². The van der Waals surface area contributed by atoms with Crippen LogP contribution in [0.2, 0.25) is 0 Å². The highest BCUT2D eigenvalue weighted by Gasteiger charge is 2.27. The van der Waals surface area contributed by atoms with Gasteiger partial charge in [0.1, 0.15) is 11.9 Å². The lowest BCUT2D eigenvalue weighted by Gasteiger charge is -2.16. The Morgan fingerprint density at radius 2 is 1.87 bits per heavy atom. The maximum atomic E-state index is 12.7. The number of hydrogen-bond donors (Lipinski definition) is 3. The van der Waals surface area contributed by atoms with E-state index in [0.717, 1.165) is 0 Å². The zero-order valence-corrected chi connectivity index (χ0v) is 16.9. The second-order valence-electron chi connectivity index (χ2n) is 6.26. The van der Waals surface area contributed by atoms with Crippen LogP contribution < -0.4 is 19.8 Å². The molecule has 3 N–H and O–H groups in total. The number of aliphatic carboxylic acids is 1. The minimum absolute atomic E-state index is 0.0427. The Morgan fingerprint density at radius 1 is 1.17 bits per heavy atom. The number of carbonyl (C=O) groups is 1. The van der Waals surface area contributed by atoms with E-state index in [1.807, 2.05) is 0 Å². The van der Waals surface area contributed by atoms with Crippen molar-refractivity contribution in [2.75, 3.05) is 14.2 Å².